The van der Waals surface area contributed by atoms with E-state index in [2.05, 4.69) is 12.0 Å². The third kappa shape index (κ3) is 2.42. The molecule has 0 saturated heterocycles. The molecule has 0 amide bonds. The largest absolute Gasteiger partial charge is 0.383 e. The van der Waals surface area contributed by atoms with Gasteiger partial charge in [0.1, 0.15) is 11.5 Å². The van der Waals surface area contributed by atoms with Crippen molar-refractivity contribution in [2.24, 2.45) is 7.05 Å². The van der Waals surface area contributed by atoms with E-state index in [-0.39, 0.29) is 0 Å². The standard InChI is InChI=1S/C16H19N5/c1-3-7-14-15(12-10-18-20(2)11-12)19-21(16(14)17)13-8-5-4-6-9-13/h4-6,8-11H,3,7,17H2,1-2H3. The Balaban J connectivity index is 2.16. The lowest BCUT2D eigenvalue weighted by Gasteiger charge is -2.04. The molecule has 5 heteroatoms. The average molecular weight is 281 g/mol. The number of hydrogen-bond donors (Lipinski definition) is 1. The van der Waals surface area contributed by atoms with Gasteiger partial charge in [0, 0.05) is 24.4 Å². The van der Waals surface area contributed by atoms with Crippen LogP contribution in [0.2, 0.25) is 0 Å². The summed E-state index contributed by atoms with van der Waals surface area (Å²) in [6.45, 7) is 2.15. The van der Waals surface area contributed by atoms with Gasteiger partial charge >= 0.3 is 0 Å². The smallest absolute Gasteiger partial charge is 0.131 e. The second-order valence-corrected chi connectivity index (χ2v) is 5.11. The van der Waals surface area contributed by atoms with Gasteiger partial charge < -0.3 is 5.73 Å². The van der Waals surface area contributed by atoms with E-state index >= 15 is 0 Å². The molecule has 3 aromatic rings. The van der Waals surface area contributed by atoms with Gasteiger partial charge in [-0.1, -0.05) is 31.5 Å². The van der Waals surface area contributed by atoms with Crippen LogP contribution in [-0.2, 0) is 13.5 Å². The zero-order chi connectivity index (χ0) is 14.8. The van der Waals surface area contributed by atoms with E-state index in [4.69, 9.17) is 10.8 Å². The van der Waals surface area contributed by atoms with Gasteiger partial charge in [0.25, 0.3) is 0 Å². The number of nitrogens with zero attached hydrogens (tertiary/aromatic N) is 4. The minimum atomic E-state index is 0.710. The van der Waals surface area contributed by atoms with E-state index in [0.717, 1.165) is 35.3 Å². The van der Waals surface area contributed by atoms with Crippen molar-refractivity contribution in [3.8, 4) is 16.9 Å². The van der Waals surface area contributed by atoms with Crippen molar-refractivity contribution in [3.63, 3.8) is 0 Å². The summed E-state index contributed by atoms with van der Waals surface area (Å²) >= 11 is 0. The maximum Gasteiger partial charge on any atom is 0.131 e. The van der Waals surface area contributed by atoms with Crippen LogP contribution in [0.1, 0.15) is 18.9 Å². The first-order valence-electron chi connectivity index (χ1n) is 7.12. The van der Waals surface area contributed by atoms with Gasteiger partial charge in [-0.15, -0.1) is 0 Å². The second-order valence-electron chi connectivity index (χ2n) is 5.11. The number of anilines is 1. The monoisotopic (exact) mass is 281 g/mol. The number of nitrogens with two attached hydrogens (primary N) is 1. The van der Waals surface area contributed by atoms with Gasteiger partial charge in [0.05, 0.1) is 11.9 Å². The summed E-state index contributed by atoms with van der Waals surface area (Å²) in [6.07, 6.45) is 5.73. The molecule has 21 heavy (non-hydrogen) atoms. The molecule has 0 bridgehead atoms. The first-order valence-corrected chi connectivity index (χ1v) is 7.12. The molecule has 2 heterocycles. The van der Waals surface area contributed by atoms with Gasteiger partial charge in [-0.3, -0.25) is 4.68 Å². The third-order valence-electron chi connectivity index (χ3n) is 3.50. The van der Waals surface area contributed by atoms with E-state index in [9.17, 15) is 0 Å². The van der Waals surface area contributed by atoms with Crippen molar-refractivity contribution < 1.29 is 0 Å². The molecule has 5 nitrogen and oxygen atoms in total. The molecule has 0 saturated carbocycles. The number of hydrogen-bond acceptors (Lipinski definition) is 3. The zero-order valence-electron chi connectivity index (χ0n) is 12.3. The minimum absolute atomic E-state index is 0.710. The first-order chi connectivity index (χ1) is 10.2. The molecule has 0 radical (unpaired) electrons. The van der Waals surface area contributed by atoms with Crippen LogP contribution in [0.25, 0.3) is 16.9 Å². The zero-order valence-corrected chi connectivity index (χ0v) is 12.3. The van der Waals surface area contributed by atoms with Crippen LogP contribution in [0.15, 0.2) is 42.7 Å². The Morgan fingerprint density at radius 2 is 1.95 bits per heavy atom. The molecule has 3 rings (SSSR count). The Morgan fingerprint density at radius 3 is 2.57 bits per heavy atom. The molecule has 1 aromatic carbocycles. The Labute approximate surface area is 124 Å². The molecule has 2 N–H and O–H groups in total. The normalized spacial score (nSPS) is 11.0. The SMILES string of the molecule is CCCc1c(-c2cnn(C)c2)nn(-c2ccccc2)c1N. The van der Waals surface area contributed by atoms with E-state index < -0.39 is 0 Å². The number of nitrogen functional groups attached to an aromatic ring is 1. The van der Waals surface area contributed by atoms with Crippen molar-refractivity contribution in [3.05, 3.63) is 48.3 Å². The summed E-state index contributed by atoms with van der Waals surface area (Å²) in [4.78, 5) is 0. The van der Waals surface area contributed by atoms with Crippen LogP contribution >= 0.6 is 0 Å². The molecule has 0 atom stereocenters. The average Bonchev–Trinajstić information content (AvgIpc) is 3.06. The quantitative estimate of drug-likeness (QED) is 0.800. The van der Waals surface area contributed by atoms with E-state index in [1.807, 2.05) is 54.5 Å². The molecule has 0 spiro atoms. The number of para-hydroxylation sites is 1. The van der Waals surface area contributed by atoms with Crippen molar-refractivity contribution in [1.29, 1.82) is 0 Å². The Bertz CT molecular complexity index is 739. The molecule has 108 valence electrons. The second kappa shape index (κ2) is 5.44. The topological polar surface area (TPSA) is 61.7 Å². The van der Waals surface area contributed by atoms with Crippen LogP contribution in [0.3, 0.4) is 0 Å². The van der Waals surface area contributed by atoms with Gasteiger partial charge in [0.15, 0.2) is 0 Å². The van der Waals surface area contributed by atoms with Crippen molar-refractivity contribution >= 4 is 5.82 Å². The van der Waals surface area contributed by atoms with E-state index in [1.165, 1.54) is 0 Å². The molecule has 2 aromatic heterocycles. The van der Waals surface area contributed by atoms with Crippen LogP contribution in [-0.4, -0.2) is 19.6 Å². The molecule has 0 aliphatic rings. The lowest BCUT2D eigenvalue weighted by atomic mass is 10.1. The molecular weight excluding hydrogens is 262 g/mol. The predicted molar refractivity (Wildman–Crippen MR) is 84.2 cm³/mol. The molecular formula is C16H19N5. The summed E-state index contributed by atoms with van der Waals surface area (Å²) in [5, 5.41) is 8.95. The summed E-state index contributed by atoms with van der Waals surface area (Å²) in [5.74, 6) is 0.710. The number of rotatable bonds is 4. The Morgan fingerprint density at radius 1 is 1.19 bits per heavy atom. The summed E-state index contributed by atoms with van der Waals surface area (Å²) < 4.78 is 3.59. The highest BCUT2D eigenvalue weighted by atomic mass is 15.3. The van der Waals surface area contributed by atoms with E-state index in [1.54, 1.807) is 4.68 Å². The summed E-state index contributed by atoms with van der Waals surface area (Å²) in [6, 6.07) is 9.97. The maximum atomic E-state index is 6.34. The molecule has 0 aliphatic carbocycles. The number of aryl methyl sites for hydroxylation is 1. The summed E-state index contributed by atoms with van der Waals surface area (Å²) in [7, 11) is 1.90. The molecule has 0 fully saturated rings. The number of benzene rings is 1. The van der Waals surface area contributed by atoms with Crippen LogP contribution in [0.4, 0.5) is 5.82 Å². The maximum absolute atomic E-state index is 6.34. The Hall–Kier alpha value is -2.56. The highest BCUT2D eigenvalue weighted by Crippen LogP contribution is 2.29. The fourth-order valence-electron chi connectivity index (χ4n) is 2.50. The van der Waals surface area contributed by atoms with Crippen molar-refractivity contribution in [2.45, 2.75) is 19.8 Å². The van der Waals surface area contributed by atoms with Crippen molar-refractivity contribution in [2.75, 3.05) is 5.73 Å². The van der Waals surface area contributed by atoms with Gasteiger partial charge in [-0.05, 0) is 18.6 Å². The van der Waals surface area contributed by atoms with Crippen molar-refractivity contribution in [1.82, 2.24) is 19.6 Å². The van der Waals surface area contributed by atoms with Gasteiger partial charge in [0.2, 0.25) is 0 Å². The first kappa shape index (κ1) is 13.4. The van der Waals surface area contributed by atoms with Crippen LogP contribution in [0, 0.1) is 0 Å². The Kier molecular flexibility index (Phi) is 3.48. The molecule has 0 aliphatic heterocycles. The summed E-state index contributed by atoms with van der Waals surface area (Å²) in [5.41, 5.74) is 10.3. The fourth-order valence-corrected chi connectivity index (χ4v) is 2.50. The van der Waals surface area contributed by atoms with E-state index in [0.29, 0.717) is 5.82 Å². The predicted octanol–water partition coefficient (Wildman–Crippen LogP) is 2.81. The van der Waals surface area contributed by atoms with Gasteiger partial charge in [-0.25, -0.2) is 4.68 Å². The fraction of sp³-hybridized carbons (Fsp3) is 0.250. The van der Waals surface area contributed by atoms with Gasteiger partial charge in [-0.2, -0.15) is 10.2 Å². The highest BCUT2D eigenvalue weighted by molar-refractivity contribution is 5.68. The van der Waals surface area contributed by atoms with Crippen LogP contribution in [0.5, 0.6) is 0 Å². The highest BCUT2D eigenvalue weighted by Gasteiger charge is 2.18. The number of aromatic nitrogens is 4. The minimum Gasteiger partial charge on any atom is -0.383 e. The third-order valence-corrected chi connectivity index (χ3v) is 3.50. The lowest BCUT2D eigenvalue weighted by Crippen LogP contribution is -2.02. The van der Waals surface area contributed by atoms with Crippen LogP contribution < -0.4 is 5.73 Å². The lowest BCUT2D eigenvalue weighted by molar-refractivity contribution is 0.768. The molecule has 0 unspecified atom stereocenters.